The number of morpholine rings is 1. The van der Waals surface area contributed by atoms with E-state index in [1.54, 1.807) is 29.7 Å². The van der Waals surface area contributed by atoms with Crippen molar-refractivity contribution in [2.24, 2.45) is 11.8 Å². The van der Waals surface area contributed by atoms with Crippen LogP contribution in [0.25, 0.3) is 0 Å². The summed E-state index contributed by atoms with van der Waals surface area (Å²) in [5.74, 6) is 1.40. The second-order valence-electron chi connectivity index (χ2n) is 11.4. The Morgan fingerprint density at radius 2 is 1.90 bits per heavy atom. The van der Waals surface area contributed by atoms with Gasteiger partial charge in [0, 0.05) is 64.2 Å². The van der Waals surface area contributed by atoms with Crippen molar-refractivity contribution in [1.29, 1.82) is 0 Å². The first-order chi connectivity index (χ1) is 19.5. The van der Waals surface area contributed by atoms with Gasteiger partial charge in [0.2, 0.25) is 0 Å². The summed E-state index contributed by atoms with van der Waals surface area (Å²) >= 11 is 3.58. The first-order valence-corrected chi connectivity index (χ1v) is 15.9. The van der Waals surface area contributed by atoms with Crippen LogP contribution < -0.4 is 15.8 Å². The fourth-order valence-electron chi connectivity index (χ4n) is 6.32. The molecule has 1 aromatic heterocycles. The Hall–Kier alpha value is -2.43. The van der Waals surface area contributed by atoms with Crippen LogP contribution in [-0.2, 0) is 4.74 Å². The van der Waals surface area contributed by atoms with Crippen LogP contribution in [-0.4, -0.2) is 67.0 Å². The molecule has 7 nitrogen and oxygen atoms in total. The van der Waals surface area contributed by atoms with Gasteiger partial charge in [-0.1, -0.05) is 49.5 Å². The van der Waals surface area contributed by atoms with Gasteiger partial charge in [-0.2, -0.15) is 0 Å². The summed E-state index contributed by atoms with van der Waals surface area (Å²) in [6, 6.07) is 16.7. The predicted molar refractivity (Wildman–Crippen MR) is 163 cm³/mol. The molecule has 2 saturated heterocycles. The maximum absolute atomic E-state index is 12.4. The van der Waals surface area contributed by atoms with Gasteiger partial charge in [0.05, 0.1) is 19.3 Å². The second kappa shape index (κ2) is 12.2. The molecule has 6 rings (SSSR count). The van der Waals surface area contributed by atoms with Crippen molar-refractivity contribution < 1.29 is 9.84 Å². The van der Waals surface area contributed by atoms with Crippen molar-refractivity contribution in [3.05, 3.63) is 70.6 Å². The van der Waals surface area contributed by atoms with Crippen LogP contribution in [0.3, 0.4) is 0 Å². The molecule has 3 N–H and O–H groups in total. The summed E-state index contributed by atoms with van der Waals surface area (Å²) in [6.45, 7) is 9.73. The summed E-state index contributed by atoms with van der Waals surface area (Å²) in [7, 11) is 0. The minimum absolute atomic E-state index is 0.000991. The van der Waals surface area contributed by atoms with E-state index >= 15 is 0 Å². The number of nitrogens with zero attached hydrogens (tertiary/aromatic N) is 2. The topological polar surface area (TPSA) is 80.8 Å². The molecule has 4 unspecified atom stereocenters. The molecule has 2 aromatic carbocycles. The molecule has 0 spiro atoms. The first-order valence-electron chi connectivity index (χ1n) is 14.2. The van der Waals surface area contributed by atoms with Gasteiger partial charge in [0.25, 0.3) is 5.56 Å². The fourth-order valence-corrected chi connectivity index (χ4v) is 8.77. The molecule has 0 bridgehead atoms. The molecule has 212 valence electrons. The van der Waals surface area contributed by atoms with E-state index in [9.17, 15) is 9.90 Å². The van der Waals surface area contributed by atoms with Gasteiger partial charge in [-0.3, -0.25) is 4.79 Å². The summed E-state index contributed by atoms with van der Waals surface area (Å²) in [4.78, 5) is 24.7. The number of nitrogens with one attached hydrogen (secondary N) is 2. The van der Waals surface area contributed by atoms with Gasteiger partial charge in [-0.15, -0.1) is 0 Å². The van der Waals surface area contributed by atoms with Crippen LogP contribution in [0, 0.1) is 11.8 Å². The zero-order valence-corrected chi connectivity index (χ0v) is 24.8. The van der Waals surface area contributed by atoms with Crippen LogP contribution in [0.1, 0.15) is 31.9 Å². The van der Waals surface area contributed by atoms with Gasteiger partial charge < -0.3 is 29.9 Å². The number of fused-ring (bicyclic) bond motifs is 2. The monoisotopic (exact) mass is 578 g/mol. The van der Waals surface area contributed by atoms with Gasteiger partial charge in [0.1, 0.15) is 11.8 Å². The van der Waals surface area contributed by atoms with Gasteiger partial charge in [-0.25, -0.2) is 0 Å². The van der Waals surface area contributed by atoms with E-state index in [-0.39, 0.29) is 24.3 Å². The highest BCUT2D eigenvalue weighted by Crippen LogP contribution is 2.51. The Morgan fingerprint density at radius 3 is 2.70 bits per heavy atom. The largest absolute Gasteiger partial charge is 0.394 e. The predicted octanol–water partition coefficient (Wildman–Crippen LogP) is 5.32. The highest BCUT2D eigenvalue weighted by molar-refractivity contribution is 8.05. The van der Waals surface area contributed by atoms with E-state index in [4.69, 9.17) is 4.74 Å². The number of ether oxygens (including phenoxy) is 1. The Bertz CT molecular complexity index is 1390. The van der Waals surface area contributed by atoms with Crippen molar-refractivity contribution in [2.45, 2.75) is 52.0 Å². The number of likely N-dealkylation sites (tertiary alicyclic amines) is 1. The molecular weight excluding hydrogens is 541 g/mol. The Labute approximate surface area is 244 Å². The van der Waals surface area contributed by atoms with Gasteiger partial charge >= 0.3 is 0 Å². The molecule has 40 heavy (non-hydrogen) atoms. The maximum atomic E-state index is 12.4. The lowest BCUT2D eigenvalue weighted by molar-refractivity contribution is 0.0378. The second-order valence-corrected chi connectivity index (χ2v) is 13.6. The van der Waals surface area contributed by atoms with Crippen molar-refractivity contribution in [3.63, 3.8) is 0 Å². The van der Waals surface area contributed by atoms with Crippen LogP contribution in [0.2, 0.25) is 0 Å². The lowest BCUT2D eigenvalue weighted by Crippen LogP contribution is -2.45. The van der Waals surface area contributed by atoms with Crippen molar-refractivity contribution in [1.82, 2.24) is 9.88 Å². The minimum Gasteiger partial charge on any atom is -0.394 e. The number of piperidine rings is 1. The zero-order valence-electron chi connectivity index (χ0n) is 23.1. The van der Waals surface area contributed by atoms with Crippen LogP contribution >= 0.6 is 23.5 Å². The summed E-state index contributed by atoms with van der Waals surface area (Å²) in [6.07, 6.45) is 2.85. The molecule has 3 aliphatic rings. The normalized spacial score (nSPS) is 23.8. The number of aromatic nitrogens is 1. The van der Waals surface area contributed by atoms with E-state index in [0.717, 1.165) is 25.3 Å². The molecule has 0 radical (unpaired) electrons. The average molecular weight is 579 g/mol. The van der Waals surface area contributed by atoms with E-state index in [1.807, 2.05) is 12.1 Å². The third-order valence-corrected chi connectivity index (χ3v) is 10.6. The smallest absolute Gasteiger partial charge is 0.271 e. The zero-order chi connectivity index (χ0) is 27.6. The van der Waals surface area contributed by atoms with Crippen molar-refractivity contribution >= 4 is 34.9 Å². The van der Waals surface area contributed by atoms with Gasteiger partial charge in [0.15, 0.2) is 0 Å². The van der Waals surface area contributed by atoms with E-state index < -0.39 is 0 Å². The lowest BCUT2D eigenvalue weighted by Gasteiger charge is -2.37. The molecular formula is C31H38N4O3S2. The minimum atomic E-state index is -0.107. The molecule has 3 aromatic rings. The molecule has 9 heteroatoms. The summed E-state index contributed by atoms with van der Waals surface area (Å²) in [5, 5.41) is 13.7. The number of rotatable bonds is 7. The molecule has 0 amide bonds. The lowest BCUT2D eigenvalue weighted by atomic mass is 9.91. The number of pyridine rings is 1. The number of hydrogen-bond acceptors (Lipinski definition) is 8. The molecule has 0 saturated carbocycles. The Morgan fingerprint density at radius 1 is 1.05 bits per heavy atom. The van der Waals surface area contributed by atoms with E-state index in [1.165, 1.54) is 31.6 Å². The maximum Gasteiger partial charge on any atom is 0.271 e. The van der Waals surface area contributed by atoms with Crippen LogP contribution in [0.4, 0.5) is 11.4 Å². The Balaban J connectivity index is 1.16. The summed E-state index contributed by atoms with van der Waals surface area (Å²) < 4.78 is 6.25. The highest BCUT2D eigenvalue weighted by atomic mass is 32.2. The number of anilines is 2. The number of aromatic amines is 1. The van der Waals surface area contributed by atoms with E-state index in [0.29, 0.717) is 37.2 Å². The first kappa shape index (κ1) is 27.7. The van der Waals surface area contributed by atoms with Crippen LogP contribution in [0.15, 0.2) is 79.1 Å². The molecule has 4 heterocycles. The number of H-pyrrole nitrogens is 1. The Kier molecular flexibility index (Phi) is 8.46. The van der Waals surface area contributed by atoms with E-state index in [2.05, 4.69) is 70.3 Å². The SMILES string of the molecule is CC1CC(C)CN(CC(CO)Nc2ccc3c(c2)Sc2cccc(C4CN(c5ccc[nH]c5=O)CCO4)c2S3)C1. The average Bonchev–Trinajstić information content (AvgIpc) is 2.95. The fraction of sp³-hybridized carbons (Fsp3) is 0.452. The number of hydrogen-bond donors (Lipinski definition) is 3. The number of benzene rings is 2. The quantitative estimate of drug-likeness (QED) is 0.272. The standard InChI is InChI=1S/C31H38N4O3S2/c1-20-13-21(2)16-34(15-20)17-23(19-36)33-22-8-9-27-29(14-22)39-28-7-3-5-24(30(28)40-27)26-18-35(11-12-38-26)25-6-4-10-32-31(25)37/h3-10,14,20-21,23,26,33,36H,11-13,15-19H2,1-2H3,(H,32,37). The molecule has 3 aliphatic heterocycles. The third-order valence-electron chi connectivity index (χ3n) is 7.95. The molecule has 2 fully saturated rings. The molecule has 0 aliphatic carbocycles. The number of aliphatic hydroxyl groups is 1. The number of aliphatic hydroxyl groups excluding tert-OH is 1. The third kappa shape index (κ3) is 6.09. The van der Waals surface area contributed by atoms with Gasteiger partial charge in [-0.05, 0) is 60.2 Å². The summed E-state index contributed by atoms with van der Waals surface area (Å²) in [5.41, 5.74) is 2.84. The molecule has 4 atom stereocenters. The van der Waals surface area contributed by atoms with Crippen LogP contribution in [0.5, 0.6) is 0 Å². The van der Waals surface area contributed by atoms with Crippen molar-refractivity contribution in [2.75, 3.05) is 56.2 Å². The highest BCUT2D eigenvalue weighted by Gasteiger charge is 2.29. The van der Waals surface area contributed by atoms with Crippen molar-refractivity contribution in [3.8, 4) is 0 Å².